The Morgan fingerprint density at radius 1 is 1.60 bits per heavy atom. The van der Waals surface area contributed by atoms with Gasteiger partial charge in [-0.05, 0) is 19.8 Å². The summed E-state index contributed by atoms with van der Waals surface area (Å²) < 4.78 is 15.7. The van der Waals surface area contributed by atoms with Crippen LogP contribution in [-0.2, 0) is 19.0 Å². The third-order valence-corrected chi connectivity index (χ3v) is 2.35. The van der Waals surface area contributed by atoms with Gasteiger partial charge in [0.2, 0.25) is 0 Å². The van der Waals surface area contributed by atoms with Gasteiger partial charge in [0.05, 0.1) is 25.4 Å². The van der Waals surface area contributed by atoms with Crippen molar-refractivity contribution in [1.82, 2.24) is 0 Å². The lowest BCUT2D eigenvalue weighted by atomic mass is 10.2. The summed E-state index contributed by atoms with van der Waals surface area (Å²) in [5.41, 5.74) is 0. The quantitative estimate of drug-likeness (QED) is 0.709. The molecule has 1 saturated heterocycles. The first-order valence-electron chi connectivity index (χ1n) is 5.12. The highest BCUT2D eigenvalue weighted by Gasteiger charge is 2.30. The van der Waals surface area contributed by atoms with Crippen LogP contribution in [0, 0.1) is 0 Å². The normalized spacial score (nSPS) is 27.9. The maximum atomic E-state index is 10.6. The number of carboxylic acids is 1. The predicted octanol–water partition coefficient (Wildman–Crippen LogP) is 0.670. The molecule has 15 heavy (non-hydrogen) atoms. The summed E-state index contributed by atoms with van der Waals surface area (Å²) in [6.07, 6.45) is 0.586. The minimum Gasteiger partial charge on any atom is -0.479 e. The van der Waals surface area contributed by atoms with E-state index in [9.17, 15) is 4.79 Å². The van der Waals surface area contributed by atoms with Gasteiger partial charge in [0.1, 0.15) is 0 Å². The second-order valence-corrected chi connectivity index (χ2v) is 3.76. The van der Waals surface area contributed by atoms with Crippen molar-refractivity contribution >= 4 is 5.97 Å². The molecule has 0 saturated carbocycles. The maximum absolute atomic E-state index is 10.6. The number of ether oxygens (including phenoxy) is 3. The van der Waals surface area contributed by atoms with Gasteiger partial charge in [-0.1, -0.05) is 0 Å². The fraction of sp³-hybridized carbons (Fsp3) is 0.900. The monoisotopic (exact) mass is 218 g/mol. The van der Waals surface area contributed by atoms with Gasteiger partial charge in [0.25, 0.3) is 0 Å². The van der Waals surface area contributed by atoms with Crippen LogP contribution in [0.3, 0.4) is 0 Å². The Morgan fingerprint density at radius 3 is 2.87 bits per heavy atom. The molecule has 1 aliphatic rings. The Hall–Kier alpha value is -0.650. The van der Waals surface area contributed by atoms with Gasteiger partial charge < -0.3 is 19.3 Å². The van der Waals surface area contributed by atoms with Crippen LogP contribution >= 0.6 is 0 Å². The summed E-state index contributed by atoms with van der Waals surface area (Å²) >= 11 is 0. The topological polar surface area (TPSA) is 65.0 Å². The van der Waals surface area contributed by atoms with Crippen LogP contribution in [0.25, 0.3) is 0 Å². The van der Waals surface area contributed by atoms with E-state index < -0.39 is 12.1 Å². The summed E-state index contributed by atoms with van der Waals surface area (Å²) in [5.74, 6) is -0.887. The van der Waals surface area contributed by atoms with Crippen LogP contribution in [0.5, 0.6) is 0 Å². The molecule has 88 valence electrons. The number of carboxylic acid groups (broad SMARTS) is 1. The fourth-order valence-corrected chi connectivity index (χ4v) is 1.56. The fourth-order valence-electron chi connectivity index (χ4n) is 1.56. The SMILES string of the molecule is COCC(C)OCC1CCC(C(=O)O)O1. The van der Waals surface area contributed by atoms with Crippen molar-refractivity contribution in [2.45, 2.75) is 38.1 Å². The van der Waals surface area contributed by atoms with Crippen molar-refractivity contribution in [3.63, 3.8) is 0 Å². The zero-order chi connectivity index (χ0) is 11.3. The molecule has 0 aromatic rings. The molecule has 0 aliphatic carbocycles. The highest BCUT2D eigenvalue weighted by Crippen LogP contribution is 2.20. The molecular weight excluding hydrogens is 200 g/mol. The van der Waals surface area contributed by atoms with Gasteiger partial charge in [-0.3, -0.25) is 0 Å². The summed E-state index contributed by atoms with van der Waals surface area (Å²) in [7, 11) is 1.62. The summed E-state index contributed by atoms with van der Waals surface area (Å²) in [4.78, 5) is 10.6. The van der Waals surface area contributed by atoms with Crippen molar-refractivity contribution < 1.29 is 24.1 Å². The van der Waals surface area contributed by atoms with Crippen molar-refractivity contribution in [2.24, 2.45) is 0 Å². The van der Waals surface area contributed by atoms with Crippen LogP contribution in [0.2, 0.25) is 0 Å². The predicted molar refractivity (Wildman–Crippen MR) is 52.8 cm³/mol. The summed E-state index contributed by atoms with van der Waals surface area (Å²) in [6.45, 7) is 2.89. The molecule has 1 aliphatic heterocycles. The number of rotatable bonds is 6. The lowest BCUT2D eigenvalue weighted by molar-refractivity contribution is -0.151. The van der Waals surface area contributed by atoms with E-state index in [-0.39, 0.29) is 12.2 Å². The van der Waals surface area contributed by atoms with E-state index in [0.29, 0.717) is 19.6 Å². The minimum atomic E-state index is -0.887. The third kappa shape index (κ3) is 4.15. The minimum absolute atomic E-state index is 0.0162. The Kier molecular flexibility index (Phi) is 5.01. The van der Waals surface area contributed by atoms with E-state index in [4.69, 9.17) is 19.3 Å². The van der Waals surface area contributed by atoms with Gasteiger partial charge in [-0.25, -0.2) is 4.79 Å². The second kappa shape index (κ2) is 6.05. The van der Waals surface area contributed by atoms with Crippen molar-refractivity contribution in [1.29, 1.82) is 0 Å². The van der Waals surface area contributed by atoms with Gasteiger partial charge >= 0.3 is 5.97 Å². The molecule has 3 unspecified atom stereocenters. The van der Waals surface area contributed by atoms with E-state index in [1.54, 1.807) is 7.11 Å². The average Bonchev–Trinajstić information content (AvgIpc) is 2.63. The number of aliphatic carboxylic acids is 1. The van der Waals surface area contributed by atoms with Crippen molar-refractivity contribution in [3.8, 4) is 0 Å². The molecule has 0 radical (unpaired) electrons. The van der Waals surface area contributed by atoms with E-state index in [2.05, 4.69) is 0 Å². The van der Waals surface area contributed by atoms with Crippen LogP contribution in [-0.4, -0.2) is 49.7 Å². The first kappa shape index (κ1) is 12.4. The molecule has 1 fully saturated rings. The number of methoxy groups -OCH3 is 1. The molecule has 0 amide bonds. The lowest BCUT2D eigenvalue weighted by Gasteiger charge is -2.15. The molecule has 1 N–H and O–H groups in total. The molecule has 3 atom stereocenters. The lowest BCUT2D eigenvalue weighted by Crippen LogP contribution is -2.25. The van der Waals surface area contributed by atoms with E-state index >= 15 is 0 Å². The first-order chi connectivity index (χ1) is 7.13. The van der Waals surface area contributed by atoms with Gasteiger partial charge in [0, 0.05) is 7.11 Å². The highest BCUT2D eigenvalue weighted by molar-refractivity contribution is 5.72. The van der Waals surface area contributed by atoms with Gasteiger partial charge in [0.15, 0.2) is 6.10 Å². The molecule has 0 aromatic heterocycles. The van der Waals surface area contributed by atoms with Crippen LogP contribution < -0.4 is 0 Å². The number of carbonyl (C=O) groups is 1. The molecule has 0 spiro atoms. The maximum Gasteiger partial charge on any atom is 0.332 e. The van der Waals surface area contributed by atoms with Gasteiger partial charge in [-0.15, -0.1) is 0 Å². The number of hydrogen-bond acceptors (Lipinski definition) is 4. The smallest absolute Gasteiger partial charge is 0.332 e. The van der Waals surface area contributed by atoms with Crippen molar-refractivity contribution in [3.05, 3.63) is 0 Å². The van der Waals surface area contributed by atoms with E-state index in [1.165, 1.54) is 0 Å². The Bertz CT molecular complexity index is 206. The van der Waals surface area contributed by atoms with E-state index in [1.807, 2.05) is 6.92 Å². The van der Waals surface area contributed by atoms with E-state index in [0.717, 1.165) is 6.42 Å². The van der Waals surface area contributed by atoms with Crippen LogP contribution in [0.15, 0.2) is 0 Å². The largest absolute Gasteiger partial charge is 0.479 e. The Balaban J connectivity index is 2.16. The average molecular weight is 218 g/mol. The summed E-state index contributed by atoms with van der Waals surface area (Å²) in [5, 5.41) is 8.71. The third-order valence-electron chi connectivity index (χ3n) is 2.35. The standard InChI is InChI=1S/C10H18O5/c1-7(5-13-2)14-6-8-3-4-9(15-8)10(11)12/h7-9H,3-6H2,1-2H3,(H,11,12). The first-order valence-corrected chi connectivity index (χ1v) is 5.12. The molecule has 0 aromatic carbocycles. The molecule has 1 rings (SSSR count). The Morgan fingerprint density at radius 2 is 2.33 bits per heavy atom. The van der Waals surface area contributed by atoms with Crippen molar-refractivity contribution in [2.75, 3.05) is 20.3 Å². The van der Waals surface area contributed by atoms with Crippen LogP contribution in [0.1, 0.15) is 19.8 Å². The zero-order valence-electron chi connectivity index (χ0n) is 9.14. The summed E-state index contributed by atoms with van der Waals surface area (Å²) in [6, 6.07) is 0. The molecule has 0 bridgehead atoms. The number of hydrogen-bond donors (Lipinski definition) is 1. The molecule has 1 heterocycles. The Labute approximate surface area is 89.3 Å². The molecule has 5 nitrogen and oxygen atoms in total. The molecule has 5 heteroatoms. The van der Waals surface area contributed by atoms with Gasteiger partial charge in [-0.2, -0.15) is 0 Å². The molecular formula is C10H18O5. The zero-order valence-corrected chi connectivity index (χ0v) is 9.14. The second-order valence-electron chi connectivity index (χ2n) is 3.76. The highest BCUT2D eigenvalue weighted by atomic mass is 16.6. The van der Waals surface area contributed by atoms with Crippen LogP contribution in [0.4, 0.5) is 0 Å².